The fourth-order valence-electron chi connectivity index (χ4n) is 6.73. The van der Waals surface area contributed by atoms with Gasteiger partial charge in [0.1, 0.15) is 36.6 Å². The number of phosphoric ester groups is 1. The van der Waals surface area contributed by atoms with Crippen molar-refractivity contribution in [2.24, 2.45) is 0 Å². The maximum Gasteiger partial charge on any atom is 0.472 e. The number of hydrogen-bond donors (Lipinski definition) is 8. The standard InChI is InChI=1S/C38H76NO11P/c1-3-5-7-9-11-13-14-15-16-17-18-19-20-21-23-25-27-31(40)30(39-32(41)28-26-24-22-12-10-8-6-4-2)29-49-51(47,48)50-38-36(45)34(43)33(42)35(44)37(38)46/h30-31,33-38,40,42-46H,3-29H2,1-2H3,(H,39,41)(H,47,48)/t30-,31+,33?,34+,35?,36?,37?,38?/m0/s1. The molecule has 0 heterocycles. The van der Waals surface area contributed by atoms with Gasteiger partial charge in [-0.25, -0.2) is 4.57 Å². The number of amides is 1. The zero-order valence-corrected chi connectivity index (χ0v) is 32.8. The second-order valence-corrected chi connectivity index (χ2v) is 16.3. The Bertz CT molecular complexity index is 884. The number of aliphatic hydroxyl groups excluding tert-OH is 6. The molecule has 13 heteroatoms. The Morgan fingerprint density at radius 1 is 0.588 bits per heavy atom. The summed E-state index contributed by atoms with van der Waals surface area (Å²) in [6.45, 7) is 3.83. The number of nitrogens with one attached hydrogen (secondary N) is 1. The van der Waals surface area contributed by atoms with E-state index in [2.05, 4.69) is 19.2 Å². The predicted molar refractivity (Wildman–Crippen MR) is 200 cm³/mol. The molecular weight excluding hydrogens is 677 g/mol. The van der Waals surface area contributed by atoms with E-state index in [1.54, 1.807) is 0 Å². The first-order valence-electron chi connectivity index (χ1n) is 20.5. The number of hydrogen-bond acceptors (Lipinski definition) is 10. The Balaban J connectivity index is 2.49. The van der Waals surface area contributed by atoms with Crippen molar-refractivity contribution in [1.29, 1.82) is 0 Å². The van der Waals surface area contributed by atoms with Crippen molar-refractivity contribution in [3.05, 3.63) is 0 Å². The summed E-state index contributed by atoms with van der Waals surface area (Å²) in [7, 11) is -5.04. The van der Waals surface area contributed by atoms with Crippen molar-refractivity contribution in [3.8, 4) is 0 Å². The van der Waals surface area contributed by atoms with Crippen LogP contribution in [-0.2, 0) is 18.4 Å². The van der Waals surface area contributed by atoms with E-state index >= 15 is 0 Å². The third-order valence-electron chi connectivity index (χ3n) is 10.2. The molecule has 12 nitrogen and oxygen atoms in total. The first kappa shape index (κ1) is 48.4. The lowest BCUT2D eigenvalue weighted by Gasteiger charge is -2.41. The number of aliphatic hydroxyl groups is 6. The number of carbonyl (C=O) groups excluding carboxylic acids is 1. The molecule has 0 aromatic carbocycles. The molecule has 8 N–H and O–H groups in total. The minimum atomic E-state index is -5.04. The molecule has 0 radical (unpaired) electrons. The molecule has 0 bridgehead atoms. The van der Waals surface area contributed by atoms with Gasteiger partial charge in [0.25, 0.3) is 0 Å². The first-order valence-corrected chi connectivity index (χ1v) is 22.0. The molecule has 0 aliphatic heterocycles. The van der Waals surface area contributed by atoms with Crippen LogP contribution < -0.4 is 5.32 Å². The van der Waals surface area contributed by atoms with Crippen molar-refractivity contribution in [2.75, 3.05) is 6.61 Å². The zero-order chi connectivity index (χ0) is 37.9. The first-order chi connectivity index (χ1) is 24.4. The van der Waals surface area contributed by atoms with Gasteiger partial charge in [-0.3, -0.25) is 13.8 Å². The minimum Gasteiger partial charge on any atom is -0.391 e. The third kappa shape index (κ3) is 22.3. The summed E-state index contributed by atoms with van der Waals surface area (Å²) in [5, 5.41) is 63.8. The van der Waals surface area contributed by atoms with Gasteiger partial charge < -0.3 is 40.8 Å². The highest BCUT2D eigenvalue weighted by Crippen LogP contribution is 2.47. The van der Waals surface area contributed by atoms with Crippen LogP contribution in [-0.4, -0.2) is 96.8 Å². The van der Waals surface area contributed by atoms with Crippen LogP contribution in [0, 0.1) is 0 Å². The van der Waals surface area contributed by atoms with E-state index in [9.17, 15) is 44.9 Å². The topological polar surface area (TPSA) is 206 Å². The van der Waals surface area contributed by atoms with E-state index in [0.29, 0.717) is 19.3 Å². The molecule has 0 spiro atoms. The lowest BCUT2D eigenvalue weighted by atomic mass is 9.85. The summed E-state index contributed by atoms with van der Waals surface area (Å²) in [4.78, 5) is 23.2. The molecule has 0 aromatic rings. The van der Waals surface area contributed by atoms with Crippen LogP contribution in [0.25, 0.3) is 0 Å². The summed E-state index contributed by atoms with van der Waals surface area (Å²) >= 11 is 0. The Kier molecular flexibility index (Phi) is 28.1. The monoisotopic (exact) mass is 754 g/mol. The van der Waals surface area contributed by atoms with E-state index in [1.807, 2.05) is 0 Å². The smallest absolute Gasteiger partial charge is 0.391 e. The molecule has 6 unspecified atom stereocenters. The van der Waals surface area contributed by atoms with E-state index < -0.39 is 63.2 Å². The van der Waals surface area contributed by atoms with Crippen LogP contribution in [0.15, 0.2) is 0 Å². The van der Waals surface area contributed by atoms with Gasteiger partial charge in [-0.05, 0) is 12.8 Å². The molecule has 1 saturated carbocycles. The summed E-state index contributed by atoms with van der Waals surface area (Å²) in [5.41, 5.74) is 0. The van der Waals surface area contributed by atoms with E-state index in [-0.39, 0.29) is 12.3 Å². The van der Waals surface area contributed by atoms with Crippen molar-refractivity contribution in [2.45, 2.75) is 230 Å². The normalized spacial score (nSPS) is 24.6. The van der Waals surface area contributed by atoms with E-state index in [0.717, 1.165) is 38.5 Å². The molecule has 1 amide bonds. The SMILES string of the molecule is CCCCCCCCCCCCCCCCCC[C@@H](O)[C@H](COP(=O)(O)OC1C(O)C(O)C(O)[C@@H](O)C1O)NC(=O)CCCCCCCCCC. The molecule has 1 aliphatic carbocycles. The highest BCUT2D eigenvalue weighted by atomic mass is 31.2. The van der Waals surface area contributed by atoms with Gasteiger partial charge in [0, 0.05) is 6.42 Å². The van der Waals surface area contributed by atoms with Gasteiger partial charge in [-0.2, -0.15) is 0 Å². The molecule has 51 heavy (non-hydrogen) atoms. The van der Waals surface area contributed by atoms with Gasteiger partial charge in [0.05, 0.1) is 18.8 Å². The average molecular weight is 754 g/mol. The molecular formula is C38H76NO11P. The molecule has 1 aliphatic rings. The third-order valence-corrected chi connectivity index (χ3v) is 11.2. The minimum absolute atomic E-state index is 0.239. The Labute approximate surface area is 308 Å². The number of carbonyl (C=O) groups is 1. The van der Waals surface area contributed by atoms with Crippen molar-refractivity contribution in [3.63, 3.8) is 0 Å². The maximum absolute atomic E-state index is 12.8. The van der Waals surface area contributed by atoms with Gasteiger partial charge in [-0.15, -0.1) is 0 Å². The van der Waals surface area contributed by atoms with Gasteiger partial charge >= 0.3 is 7.82 Å². The lowest BCUT2D eigenvalue weighted by Crippen LogP contribution is -2.64. The zero-order valence-electron chi connectivity index (χ0n) is 31.9. The van der Waals surface area contributed by atoms with Crippen molar-refractivity contribution in [1.82, 2.24) is 5.32 Å². The number of unbranched alkanes of at least 4 members (excludes halogenated alkanes) is 22. The molecule has 0 saturated heterocycles. The summed E-state index contributed by atoms with van der Waals surface area (Å²) in [5.74, 6) is -0.312. The van der Waals surface area contributed by atoms with E-state index in [1.165, 1.54) is 103 Å². The molecule has 304 valence electrons. The molecule has 0 aromatic heterocycles. The van der Waals surface area contributed by atoms with Crippen LogP contribution in [0.4, 0.5) is 0 Å². The van der Waals surface area contributed by atoms with Gasteiger partial charge in [0.15, 0.2) is 0 Å². The summed E-state index contributed by atoms with van der Waals surface area (Å²) in [6, 6.07) is -1.02. The van der Waals surface area contributed by atoms with Crippen LogP contribution in [0.1, 0.15) is 181 Å². The second-order valence-electron chi connectivity index (χ2n) is 14.8. The molecule has 1 rings (SSSR count). The highest BCUT2D eigenvalue weighted by molar-refractivity contribution is 7.47. The van der Waals surface area contributed by atoms with Gasteiger partial charge in [-0.1, -0.05) is 162 Å². The molecule has 1 fully saturated rings. The fourth-order valence-corrected chi connectivity index (χ4v) is 7.70. The highest BCUT2D eigenvalue weighted by Gasteiger charge is 2.51. The van der Waals surface area contributed by atoms with Crippen LogP contribution in [0.5, 0.6) is 0 Å². The average Bonchev–Trinajstić information content (AvgIpc) is 3.11. The Hall–Kier alpha value is -0.660. The lowest BCUT2D eigenvalue weighted by molar-refractivity contribution is -0.220. The van der Waals surface area contributed by atoms with E-state index in [4.69, 9.17) is 9.05 Å². The summed E-state index contributed by atoms with van der Waals surface area (Å²) < 4.78 is 22.8. The Morgan fingerprint density at radius 3 is 1.35 bits per heavy atom. The second kappa shape index (κ2) is 29.7. The predicted octanol–water partition coefficient (Wildman–Crippen LogP) is 6.33. The van der Waals surface area contributed by atoms with Crippen LogP contribution >= 0.6 is 7.82 Å². The largest absolute Gasteiger partial charge is 0.472 e. The number of rotatable bonds is 33. The summed E-state index contributed by atoms with van der Waals surface area (Å²) in [6.07, 6.45) is 15.9. The van der Waals surface area contributed by atoms with Crippen molar-refractivity contribution < 1.29 is 53.9 Å². The number of phosphoric acid groups is 1. The fraction of sp³-hybridized carbons (Fsp3) is 0.974. The molecule has 9 atom stereocenters. The quantitative estimate of drug-likeness (QED) is 0.0274. The van der Waals surface area contributed by atoms with Gasteiger partial charge in [0.2, 0.25) is 5.91 Å². The Morgan fingerprint density at radius 2 is 0.941 bits per heavy atom. The maximum atomic E-state index is 12.8. The van der Waals surface area contributed by atoms with Crippen molar-refractivity contribution >= 4 is 13.7 Å². The van der Waals surface area contributed by atoms with Crippen LogP contribution in [0.2, 0.25) is 0 Å². The van der Waals surface area contributed by atoms with Crippen LogP contribution in [0.3, 0.4) is 0 Å².